The second-order valence-corrected chi connectivity index (χ2v) is 7.08. The molecule has 148 valence electrons. The van der Waals surface area contributed by atoms with Gasteiger partial charge in [-0.05, 0) is 61.4 Å². The summed E-state index contributed by atoms with van der Waals surface area (Å²) in [5.41, 5.74) is 1.92. The van der Waals surface area contributed by atoms with Gasteiger partial charge < -0.3 is 14.2 Å². The third-order valence-electron chi connectivity index (χ3n) is 4.64. The van der Waals surface area contributed by atoms with Crippen molar-refractivity contribution < 1.29 is 18.8 Å². The van der Waals surface area contributed by atoms with Crippen LogP contribution in [0.5, 0.6) is 0 Å². The largest absolute Gasteiger partial charge is 0.452 e. The van der Waals surface area contributed by atoms with Crippen LogP contribution in [-0.2, 0) is 16.1 Å². The topological polar surface area (TPSA) is 85.5 Å². The van der Waals surface area contributed by atoms with E-state index in [0.717, 1.165) is 24.1 Å². The summed E-state index contributed by atoms with van der Waals surface area (Å²) in [4.78, 5) is 30.2. The maximum atomic E-state index is 12.3. The molecule has 0 N–H and O–H groups in total. The molecule has 7 nitrogen and oxygen atoms in total. The molecule has 1 fully saturated rings. The first-order valence-electron chi connectivity index (χ1n) is 9.26. The molecule has 0 aliphatic carbocycles. The van der Waals surface area contributed by atoms with Gasteiger partial charge in [0.1, 0.15) is 0 Å². The number of halogens is 1. The van der Waals surface area contributed by atoms with E-state index in [4.69, 9.17) is 20.9 Å². The number of carbonyl (C=O) groups excluding carboxylic acids is 2. The Morgan fingerprint density at radius 1 is 1.10 bits per heavy atom. The number of esters is 1. The number of hydrogen-bond donors (Lipinski definition) is 0. The summed E-state index contributed by atoms with van der Waals surface area (Å²) < 4.78 is 10.4. The summed E-state index contributed by atoms with van der Waals surface area (Å²) in [7, 11) is 0. The molecule has 0 atom stereocenters. The van der Waals surface area contributed by atoms with Crippen molar-refractivity contribution in [1.29, 1.82) is 0 Å². The number of anilines is 1. The minimum Gasteiger partial charge on any atom is -0.452 e. The molecule has 2 aromatic carbocycles. The third kappa shape index (κ3) is 4.46. The fourth-order valence-corrected chi connectivity index (χ4v) is 3.22. The zero-order valence-electron chi connectivity index (χ0n) is 15.5. The zero-order valence-corrected chi connectivity index (χ0v) is 16.3. The van der Waals surface area contributed by atoms with Gasteiger partial charge in [-0.1, -0.05) is 16.8 Å². The van der Waals surface area contributed by atoms with E-state index in [0.29, 0.717) is 29.4 Å². The second kappa shape index (κ2) is 8.45. The van der Waals surface area contributed by atoms with Crippen molar-refractivity contribution in [2.24, 2.45) is 0 Å². The molecule has 0 radical (unpaired) electrons. The molecule has 4 rings (SSSR count). The van der Waals surface area contributed by atoms with Gasteiger partial charge in [-0.15, -0.1) is 0 Å². The van der Waals surface area contributed by atoms with Crippen molar-refractivity contribution in [2.45, 2.75) is 25.9 Å². The molecular weight excluding hydrogens is 394 g/mol. The van der Waals surface area contributed by atoms with E-state index < -0.39 is 5.97 Å². The number of carbonyl (C=O) groups is 2. The minimum atomic E-state index is -0.507. The Balaban J connectivity index is 1.36. The molecule has 1 aliphatic heterocycles. The second-order valence-electron chi connectivity index (χ2n) is 6.64. The van der Waals surface area contributed by atoms with E-state index in [9.17, 15) is 9.59 Å². The van der Waals surface area contributed by atoms with Crippen LogP contribution in [0.1, 0.15) is 35.5 Å². The molecule has 0 bridgehead atoms. The minimum absolute atomic E-state index is 0.111. The highest BCUT2D eigenvalue weighted by Crippen LogP contribution is 2.22. The molecule has 8 heteroatoms. The highest BCUT2D eigenvalue weighted by Gasteiger charge is 2.20. The standard InChI is InChI=1S/C21H18ClN3O4/c22-16-8-4-14(5-9-16)20-23-18(29-24-20)13-28-21(27)15-6-10-17(11-7-15)25-12-2-1-3-19(25)26/h4-11H,1-3,12-13H2. The quantitative estimate of drug-likeness (QED) is 0.583. The molecule has 0 unspecified atom stereocenters. The van der Waals surface area contributed by atoms with E-state index in [2.05, 4.69) is 10.1 Å². The van der Waals surface area contributed by atoms with Gasteiger partial charge in [0, 0.05) is 29.2 Å². The lowest BCUT2D eigenvalue weighted by Gasteiger charge is -2.26. The van der Waals surface area contributed by atoms with Gasteiger partial charge in [-0.3, -0.25) is 4.79 Å². The van der Waals surface area contributed by atoms with Gasteiger partial charge in [0.15, 0.2) is 6.61 Å². The van der Waals surface area contributed by atoms with Crippen LogP contribution >= 0.6 is 11.6 Å². The lowest BCUT2D eigenvalue weighted by Crippen LogP contribution is -2.35. The predicted octanol–water partition coefficient (Wildman–Crippen LogP) is 4.26. The predicted molar refractivity (Wildman–Crippen MR) is 107 cm³/mol. The van der Waals surface area contributed by atoms with Crippen LogP contribution in [0.15, 0.2) is 53.1 Å². The molecule has 3 aromatic rings. The van der Waals surface area contributed by atoms with Crippen molar-refractivity contribution in [2.75, 3.05) is 11.4 Å². The van der Waals surface area contributed by atoms with E-state index >= 15 is 0 Å². The Bertz CT molecular complexity index is 1020. The van der Waals surface area contributed by atoms with Crippen molar-refractivity contribution in [3.05, 3.63) is 65.0 Å². The Labute approximate surface area is 172 Å². The number of benzene rings is 2. The van der Waals surface area contributed by atoms with Crippen molar-refractivity contribution >= 4 is 29.2 Å². The Morgan fingerprint density at radius 2 is 1.86 bits per heavy atom. The fourth-order valence-electron chi connectivity index (χ4n) is 3.10. The molecule has 1 aliphatic rings. The number of ether oxygens (including phenoxy) is 1. The number of piperidine rings is 1. The van der Waals surface area contributed by atoms with Crippen LogP contribution in [0, 0.1) is 0 Å². The average Bonchev–Trinajstić information content (AvgIpc) is 3.22. The molecule has 29 heavy (non-hydrogen) atoms. The summed E-state index contributed by atoms with van der Waals surface area (Å²) in [6, 6.07) is 13.8. The number of nitrogens with zero attached hydrogens (tertiary/aromatic N) is 3. The molecular formula is C21H18ClN3O4. The van der Waals surface area contributed by atoms with Crippen LogP contribution in [0.25, 0.3) is 11.4 Å². The fraction of sp³-hybridized carbons (Fsp3) is 0.238. The molecule has 1 aromatic heterocycles. The van der Waals surface area contributed by atoms with Crippen LogP contribution in [0.4, 0.5) is 5.69 Å². The SMILES string of the molecule is O=C(OCc1nc(-c2ccc(Cl)cc2)no1)c1ccc(N2CCCCC2=O)cc1. The molecule has 0 spiro atoms. The number of hydrogen-bond acceptors (Lipinski definition) is 6. The lowest BCUT2D eigenvalue weighted by atomic mass is 10.1. The van der Waals surface area contributed by atoms with Crippen LogP contribution < -0.4 is 4.90 Å². The number of rotatable bonds is 5. The van der Waals surface area contributed by atoms with Crippen LogP contribution in [0.3, 0.4) is 0 Å². The molecule has 0 saturated carbocycles. The van der Waals surface area contributed by atoms with Gasteiger partial charge in [-0.2, -0.15) is 4.98 Å². The van der Waals surface area contributed by atoms with Crippen molar-refractivity contribution in [1.82, 2.24) is 10.1 Å². The first-order valence-corrected chi connectivity index (χ1v) is 9.64. The van der Waals surface area contributed by atoms with Gasteiger partial charge in [0.2, 0.25) is 11.7 Å². The highest BCUT2D eigenvalue weighted by molar-refractivity contribution is 6.30. The number of amides is 1. The van der Waals surface area contributed by atoms with E-state index in [1.807, 2.05) is 0 Å². The Kier molecular flexibility index (Phi) is 5.57. The van der Waals surface area contributed by atoms with Gasteiger partial charge >= 0.3 is 5.97 Å². The summed E-state index contributed by atoms with van der Waals surface area (Å²) in [5, 5.41) is 4.49. The van der Waals surface area contributed by atoms with E-state index in [1.165, 1.54) is 0 Å². The van der Waals surface area contributed by atoms with Crippen molar-refractivity contribution in [3.8, 4) is 11.4 Å². The first-order chi connectivity index (χ1) is 14.1. The highest BCUT2D eigenvalue weighted by atomic mass is 35.5. The summed E-state index contributed by atoms with van der Waals surface area (Å²) >= 11 is 5.87. The molecule has 2 heterocycles. The number of aromatic nitrogens is 2. The summed E-state index contributed by atoms with van der Waals surface area (Å²) in [6.45, 7) is 0.571. The van der Waals surface area contributed by atoms with Gasteiger partial charge in [0.05, 0.1) is 5.56 Å². The first kappa shape index (κ1) is 19.1. The molecule has 1 saturated heterocycles. The summed E-state index contributed by atoms with van der Waals surface area (Å²) in [5.74, 6) is 0.189. The summed E-state index contributed by atoms with van der Waals surface area (Å²) in [6.07, 6.45) is 2.47. The maximum absolute atomic E-state index is 12.3. The van der Waals surface area contributed by atoms with Crippen LogP contribution in [-0.4, -0.2) is 28.6 Å². The van der Waals surface area contributed by atoms with Crippen LogP contribution in [0.2, 0.25) is 5.02 Å². The smallest absolute Gasteiger partial charge is 0.338 e. The monoisotopic (exact) mass is 411 g/mol. The van der Waals surface area contributed by atoms with Gasteiger partial charge in [-0.25, -0.2) is 4.79 Å². The van der Waals surface area contributed by atoms with E-state index in [-0.39, 0.29) is 18.4 Å². The Hall–Kier alpha value is -3.19. The van der Waals surface area contributed by atoms with Crippen molar-refractivity contribution in [3.63, 3.8) is 0 Å². The van der Waals surface area contributed by atoms with Gasteiger partial charge in [0.25, 0.3) is 5.89 Å². The van der Waals surface area contributed by atoms with E-state index in [1.54, 1.807) is 53.4 Å². The lowest BCUT2D eigenvalue weighted by molar-refractivity contribution is -0.119. The normalized spacial score (nSPS) is 14.1. The average molecular weight is 412 g/mol. The molecule has 1 amide bonds. The zero-order chi connectivity index (χ0) is 20.2. The Morgan fingerprint density at radius 3 is 2.59 bits per heavy atom. The maximum Gasteiger partial charge on any atom is 0.338 e. The third-order valence-corrected chi connectivity index (χ3v) is 4.89.